The second kappa shape index (κ2) is 6.75. The van der Waals surface area contributed by atoms with Crippen LogP contribution >= 0.6 is 0 Å². The summed E-state index contributed by atoms with van der Waals surface area (Å²) in [6.07, 6.45) is 6.75. The van der Waals surface area contributed by atoms with E-state index in [4.69, 9.17) is 9.47 Å². The van der Waals surface area contributed by atoms with Crippen molar-refractivity contribution < 1.29 is 9.47 Å². The third-order valence-electron chi connectivity index (χ3n) is 7.40. The lowest BCUT2D eigenvalue weighted by atomic mass is 9.73. The first-order valence-electron chi connectivity index (χ1n) is 10.9. The van der Waals surface area contributed by atoms with Crippen LogP contribution in [0.5, 0.6) is 5.75 Å². The van der Waals surface area contributed by atoms with Crippen molar-refractivity contribution >= 4 is 0 Å². The normalized spacial score (nSPS) is 34.4. The summed E-state index contributed by atoms with van der Waals surface area (Å²) in [5, 5.41) is 0. The lowest BCUT2D eigenvalue weighted by Gasteiger charge is -2.31. The topological polar surface area (TPSA) is 24.9 Å². The average molecular weight is 371 g/mol. The molecule has 148 valence electrons. The lowest BCUT2D eigenvalue weighted by Crippen LogP contribution is -2.40. The van der Waals surface area contributed by atoms with Gasteiger partial charge in [-0.3, -0.25) is 4.90 Å². The maximum Gasteiger partial charge on any atom is 0.124 e. The van der Waals surface area contributed by atoms with Gasteiger partial charge in [-0.1, -0.05) is 6.07 Å². The van der Waals surface area contributed by atoms with Gasteiger partial charge in [-0.05, 0) is 70.3 Å². The van der Waals surface area contributed by atoms with Crippen LogP contribution in [-0.4, -0.2) is 61.8 Å². The zero-order chi connectivity index (χ0) is 18.6. The van der Waals surface area contributed by atoms with Gasteiger partial charge in [0.2, 0.25) is 0 Å². The van der Waals surface area contributed by atoms with Crippen molar-refractivity contribution in [1.82, 2.24) is 9.80 Å². The first kappa shape index (κ1) is 18.0. The van der Waals surface area contributed by atoms with Crippen molar-refractivity contribution in [2.45, 2.75) is 57.3 Å². The summed E-state index contributed by atoms with van der Waals surface area (Å²) in [7, 11) is 4.40. The molecule has 0 aromatic heterocycles. The van der Waals surface area contributed by atoms with Gasteiger partial charge < -0.3 is 14.4 Å². The second-order valence-electron chi connectivity index (χ2n) is 9.48. The molecule has 3 fully saturated rings. The van der Waals surface area contributed by atoms with Crippen molar-refractivity contribution in [3.63, 3.8) is 0 Å². The van der Waals surface area contributed by atoms with Crippen molar-refractivity contribution in [3.05, 3.63) is 28.8 Å². The largest absolute Gasteiger partial charge is 0.494 e. The highest BCUT2D eigenvalue weighted by Gasteiger charge is 2.62. The molecule has 1 spiro atoms. The highest BCUT2D eigenvalue weighted by molar-refractivity contribution is 5.45. The fourth-order valence-corrected chi connectivity index (χ4v) is 6.38. The van der Waals surface area contributed by atoms with Gasteiger partial charge in [0.05, 0.1) is 18.3 Å². The molecule has 4 aliphatic rings. The monoisotopic (exact) mass is 370 g/mol. The Bertz CT molecular complexity index is 719. The standard InChI is InChI=1S/C23H34N2O2/c1-4-26-22-11-17-7-5-6-16(17)10-18(22)12-25-14-20-19(13-24(2)3)21-8-9-23(20,15-25)27-21/h10-11,19-21H,4-9,12-15H2,1-3H3/t19-,20+,21+,23+/m0/s1. The summed E-state index contributed by atoms with van der Waals surface area (Å²) in [5.74, 6) is 2.51. The van der Waals surface area contributed by atoms with E-state index in [1.54, 1.807) is 5.56 Å². The SMILES string of the molecule is CCOc1cc2c(cc1CN1C[C@@H]3[C@H](CN(C)C)[C@H]4CC[C@]3(C1)O4)CCC2. The smallest absolute Gasteiger partial charge is 0.124 e. The van der Waals surface area contributed by atoms with Crippen LogP contribution in [0.1, 0.15) is 42.9 Å². The van der Waals surface area contributed by atoms with E-state index in [-0.39, 0.29) is 5.60 Å². The van der Waals surface area contributed by atoms with E-state index in [1.807, 2.05) is 0 Å². The summed E-state index contributed by atoms with van der Waals surface area (Å²) in [4.78, 5) is 4.99. The minimum atomic E-state index is 0.133. The molecule has 0 saturated carbocycles. The molecule has 3 saturated heterocycles. The van der Waals surface area contributed by atoms with E-state index in [1.165, 1.54) is 49.8 Å². The predicted molar refractivity (Wildman–Crippen MR) is 107 cm³/mol. The number of hydrogen-bond acceptors (Lipinski definition) is 4. The van der Waals surface area contributed by atoms with E-state index in [9.17, 15) is 0 Å². The lowest BCUT2D eigenvalue weighted by molar-refractivity contribution is 0.00139. The van der Waals surface area contributed by atoms with E-state index in [2.05, 4.69) is 43.0 Å². The van der Waals surface area contributed by atoms with Crippen LogP contribution in [0.25, 0.3) is 0 Å². The van der Waals surface area contributed by atoms with E-state index >= 15 is 0 Å². The number of aryl methyl sites for hydroxylation is 2. The van der Waals surface area contributed by atoms with Crippen molar-refractivity contribution in [3.8, 4) is 5.75 Å². The number of ether oxygens (including phenoxy) is 2. The number of fused-ring (bicyclic) bond motifs is 2. The maximum absolute atomic E-state index is 6.62. The molecule has 4 heteroatoms. The van der Waals surface area contributed by atoms with Crippen molar-refractivity contribution in [2.24, 2.45) is 11.8 Å². The molecule has 1 aliphatic carbocycles. The molecule has 27 heavy (non-hydrogen) atoms. The molecule has 0 N–H and O–H groups in total. The second-order valence-corrected chi connectivity index (χ2v) is 9.48. The molecule has 3 heterocycles. The fourth-order valence-electron chi connectivity index (χ4n) is 6.38. The Morgan fingerprint density at radius 1 is 1.26 bits per heavy atom. The van der Waals surface area contributed by atoms with Crippen LogP contribution in [-0.2, 0) is 24.1 Å². The first-order valence-corrected chi connectivity index (χ1v) is 10.9. The Morgan fingerprint density at radius 2 is 2.07 bits per heavy atom. The van der Waals surface area contributed by atoms with Crippen molar-refractivity contribution in [2.75, 3.05) is 40.3 Å². The Hall–Kier alpha value is -1.10. The third-order valence-corrected chi connectivity index (χ3v) is 7.40. The Labute approximate surface area is 163 Å². The number of hydrogen-bond donors (Lipinski definition) is 0. The molecule has 4 atom stereocenters. The Balaban J connectivity index is 1.36. The summed E-state index contributed by atoms with van der Waals surface area (Å²) in [6, 6.07) is 4.77. The molecule has 0 unspecified atom stereocenters. The van der Waals surface area contributed by atoms with Gasteiger partial charge in [0.1, 0.15) is 5.75 Å². The van der Waals surface area contributed by atoms with Crippen LogP contribution in [0.3, 0.4) is 0 Å². The van der Waals surface area contributed by atoms with Gasteiger partial charge in [-0.25, -0.2) is 0 Å². The highest BCUT2D eigenvalue weighted by Crippen LogP contribution is 2.55. The number of benzene rings is 1. The Morgan fingerprint density at radius 3 is 2.85 bits per heavy atom. The van der Waals surface area contributed by atoms with Gasteiger partial charge in [0.25, 0.3) is 0 Å². The van der Waals surface area contributed by atoms with Gasteiger partial charge in [0, 0.05) is 43.6 Å². The molecule has 0 radical (unpaired) electrons. The minimum Gasteiger partial charge on any atom is -0.494 e. The molecule has 3 aliphatic heterocycles. The summed E-state index contributed by atoms with van der Waals surface area (Å²) >= 11 is 0. The van der Waals surface area contributed by atoms with Crippen molar-refractivity contribution in [1.29, 1.82) is 0 Å². The van der Waals surface area contributed by atoms with Gasteiger partial charge in [-0.15, -0.1) is 0 Å². The molecule has 5 rings (SSSR count). The van der Waals surface area contributed by atoms with Crippen LogP contribution in [0, 0.1) is 11.8 Å². The molecule has 0 amide bonds. The predicted octanol–water partition coefficient (Wildman–Crippen LogP) is 3.12. The fraction of sp³-hybridized carbons (Fsp3) is 0.739. The molecular weight excluding hydrogens is 336 g/mol. The third kappa shape index (κ3) is 3.01. The first-order chi connectivity index (χ1) is 13.1. The minimum absolute atomic E-state index is 0.133. The quantitative estimate of drug-likeness (QED) is 0.768. The zero-order valence-corrected chi connectivity index (χ0v) is 17.2. The summed E-state index contributed by atoms with van der Waals surface area (Å²) in [5.41, 5.74) is 4.57. The summed E-state index contributed by atoms with van der Waals surface area (Å²) in [6.45, 7) is 7.28. The van der Waals surface area contributed by atoms with Crippen LogP contribution in [0.15, 0.2) is 12.1 Å². The maximum atomic E-state index is 6.62. The molecule has 4 nitrogen and oxygen atoms in total. The van der Waals surface area contributed by atoms with E-state index in [0.717, 1.165) is 32.0 Å². The van der Waals surface area contributed by atoms with Gasteiger partial charge >= 0.3 is 0 Å². The molecule has 1 aromatic rings. The molecular formula is C23H34N2O2. The van der Waals surface area contributed by atoms with Crippen LogP contribution in [0.4, 0.5) is 0 Å². The van der Waals surface area contributed by atoms with Crippen LogP contribution in [0.2, 0.25) is 0 Å². The van der Waals surface area contributed by atoms with Gasteiger partial charge in [0.15, 0.2) is 0 Å². The number of nitrogens with zero attached hydrogens (tertiary/aromatic N) is 2. The molecule has 2 bridgehead atoms. The molecule has 1 aromatic carbocycles. The van der Waals surface area contributed by atoms with Gasteiger partial charge in [-0.2, -0.15) is 0 Å². The zero-order valence-electron chi connectivity index (χ0n) is 17.2. The summed E-state index contributed by atoms with van der Waals surface area (Å²) < 4.78 is 12.7. The number of rotatable bonds is 6. The Kier molecular flexibility index (Phi) is 4.49. The number of likely N-dealkylation sites (tertiary alicyclic amines) is 1. The van der Waals surface area contributed by atoms with Crippen LogP contribution < -0.4 is 4.74 Å². The van der Waals surface area contributed by atoms with E-state index in [0.29, 0.717) is 17.9 Å². The highest BCUT2D eigenvalue weighted by atomic mass is 16.5. The average Bonchev–Trinajstić information content (AvgIpc) is 3.36. The van der Waals surface area contributed by atoms with E-state index < -0.39 is 0 Å².